The predicted octanol–water partition coefficient (Wildman–Crippen LogP) is 30.1. The Morgan fingerprint density at radius 1 is 0.120 bits per heavy atom. The van der Waals surface area contributed by atoms with Crippen LogP contribution >= 0.6 is 0 Å². The van der Waals surface area contributed by atoms with Crippen molar-refractivity contribution in [1.29, 1.82) is 0 Å². The first-order valence-electron chi connectivity index (χ1n) is 37.1. The van der Waals surface area contributed by atoms with Gasteiger partial charge in [-0.3, -0.25) is 0 Å². The molecular weight excluding hydrogens is 1310 g/mol. The average Bonchev–Trinajstić information content (AvgIpc) is 1.19. The van der Waals surface area contributed by atoms with Gasteiger partial charge in [0.2, 0.25) is 0 Å². The van der Waals surface area contributed by atoms with E-state index in [9.17, 15) is 0 Å². The van der Waals surface area contributed by atoms with E-state index < -0.39 is 0 Å². The first-order valence-corrected chi connectivity index (χ1v) is 37.1. The minimum atomic E-state index is 0.884. The molecule has 0 aliphatic rings. The fraction of sp³-hybridized carbons (Fsp3) is 0. The van der Waals surface area contributed by atoms with Crippen LogP contribution in [0.5, 0.6) is 0 Å². The molecule has 0 unspecified atom stereocenters. The van der Waals surface area contributed by atoms with Gasteiger partial charge in [-0.15, -0.1) is 0 Å². The minimum Gasteiger partial charge on any atom is -0.456 e. The zero-order valence-corrected chi connectivity index (χ0v) is 59.1. The summed E-state index contributed by atoms with van der Waals surface area (Å²) in [5.41, 5.74) is 30.2. The Balaban J connectivity index is 0.000000143. The molecule has 2 heteroatoms. The van der Waals surface area contributed by atoms with Crippen LogP contribution in [0.15, 0.2) is 421 Å². The summed E-state index contributed by atoms with van der Waals surface area (Å²) in [5.74, 6) is 0. The van der Waals surface area contributed by atoms with Crippen molar-refractivity contribution >= 4 is 87.0 Å². The first-order chi connectivity index (χ1) is 53.6. The fourth-order valence-corrected chi connectivity index (χ4v) is 16.7. The lowest BCUT2D eigenvalue weighted by Crippen LogP contribution is -1.91. The third kappa shape index (κ3) is 11.4. The fourth-order valence-electron chi connectivity index (χ4n) is 16.7. The van der Waals surface area contributed by atoms with Gasteiger partial charge in [0.15, 0.2) is 0 Å². The lowest BCUT2D eigenvalue weighted by atomic mass is 9.85. The van der Waals surface area contributed by atoms with Crippen LogP contribution in [-0.4, -0.2) is 0 Å². The second-order valence-corrected chi connectivity index (χ2v) is 28.0. The molecule has 21 rings (SSSR count). The molecule has 0 saturated carbocycles. The second-order valence-electron chi connectivity index (χ2n) is 28.0. The summed E-state index contributed by atoms with van der Waals surface area (Å²) in [6, 6.07) is 149. The van der Waals surface area contributed by atoms with Gasteiger partial charge in [-0.25, -0.2) is 0 Å². The standard InChI is InChI=1S/C56H36O.C50H32O/c1-3-14-37(15-4-1)39-26-30-41(31-27-39)44-18-7-8-19-45(44)46-24-13-25-53-56(46)51-36-43(34-35-52(51)57-53)55-49-22-11-9-20-47(49)54(48-21-10-12-23-50(48)55)42-32-28-40(29-33-42)38-16-5-2-6-17-38;1-3-12-33(13-4-1)34-22-24-35(25-23-34)37-16-11-17-38(30-37)39-26-28-47-45(31-39)46-32-40(27-29-48(46)51-47)50-43-20-9-7-18-41(43)49(36-14-5-2-6-15-36)42-19-8-10-21-44(42)50/h1-36H;1-32H. The van der Waals surface area contributed by atoms with Gasteiger partial charge >= 0.3 is 0 Å². The Bertz CT molecular complexity index is 6860. The molecule has 0 fully saturated rings. The van der Waals surface area contributed by atoms with Gasteiger partial charge in [0, 0.05) is 21.5 Å². The van der Waals surface area contributed by atoms with Crippen molar-refractivity contribution in [2.75, 3.05) is 0 Å². The van der Waals surface area contributed by atoms with Gasteiger partial charge in [-0.1, -0.05) is 364 Å². The Morgan fingerprint density at radius 3 is 0.815 bits per heavy atom. The number of fused-ring (bicyclic) bond motifs is 10. The maximum atomic E-state index is 6.61. The molecular formula is C106H68O2. The summed E-state index contributed by atoms with van der Waals surface area (Å²) in [7, 11) is 0. The van der Waals surface area contributed by atoms with Crippen molar-refractivity contribution < 1.29 is 8.83 Å². The van der Waals surface area contributed by atoms with Crippen LogP contribution in [0.3, 0.4) is 0 Å². The van der Waals surface area contributed by atoms with Crippen molar-refractivity contribution in [2.24, 2.45) is 0 Å². The molecule has 0 atom stereocenters. The number of rotatable bonds is 11. The van der Waals surface area contributed by atoms with Crippen molar-refractivity contribution in [1.82, 2.24) is 0 Å². The molecule has 21 aromatic rings. The maximum Gasteiger partial charge on any atom is 0.136 e. The number of hydrogen-bond acceptors (Lipinski definition) is 2. The first kappa shape index (κ1) is 63.5. The molecule has 0 bridgehead atoms. The topological polar surface area (TPSA) is 26.3 Å². The summed E-state index contributed by atoms with van der Waals surface area (Å²) in [6.45, 7) is 0. The van der Waals surface area contributed by atoms with Crippen molar-refractivity contribution in [3.8, 4) is 122 Å². The summed E-state index contributed by atoms with van der Waals surface area (Å²) >= 11 is 0. The molecule has 108 heavy (non-hydrogen) atoms. The van der Waals surface area contributed by atoms with Crippen LogP contribution in [0.4, 0.5) is 0 Å². The van der Waals surface area contributed by atoms with E-state index in [1.54, 1.807) is 0 Å². The zero-order chi connectivity index (χ0) is 71.4. The molecule has 2 heterocycles. The zero-order valence-electron chi connectivity index (χ0n) is 59.1. The maximum absolute atomic E-state index is 6.61. The smallest absolute Gasteiger partial charge is 0.136 e. The van der Waals surface area contributed by atoms with E-state index in [4.69, 9.17) is 8.83 Å². The molecule has 0 aliphatic heterocycles. The highest BCUT2D eigenvalue weighted by Gasteiger charge is 2.23. The number of furan rings is 2. The Hall–Kier alpha value is -14.2. The van der Waals surface area contributed by atoms with E-state index in [1.807, 2.05) is 0 Å². The molecule has 2 nitrogen and oxygen atoms in total. The summed E-state index contributed by atoms with van der Waals surface area (Å²) in [6.07, 6.45) is 0. The molecule has 0 radical (unpaired) electrons. The number of benzene rings is 19. The average molecular weight is 1370 g/mol. The van der Waals surface area contributed by atoms with Crippen LogP contribution in [-0.2, 0) is 0 Å². The Morgan fingerprint density at radius 2 is 0.370 bits per heavy atom. The van der Waals surface area contributed by atoms with Gasteiger partial charge < -0.3 is 8.83 Å². The van der Waals surface area contributed by atoms with Gasteiger partial charge in [0.05, 0.1) is 0 Å². The van der Waals surface area contributed by atoms with Crippen LogP contribution < -0.4 is 0 Å². The van der Waals surface area contributed by atoms with Gasteiger partial charge in [-0.05, 0) is 214 Å². The van der Waals surface area contributed by atoms with Crippen molar-refractivity contribution in [3.05, 3.63) is 413 Å². The lowest BCUT2D eigenvalue weighted by molar-refractivity contribution is 0.668. The molecule has 0 saturated heterocycles. The largest absolute Gasteiger partial charge is 0.456 e. The quantitative estimate of drug-likeness (QED) is 0.121. The van der Waals surface area contributed by atoms with Crippen LogP contribution in [0.2, 0.25) is 0 Å². The van der Waals surface area contributed by atoms with Crippen molar-refractivity contribution in [3.63, 3.8) is 0 Å². The summed E-state index contributed by atoms with van der Waals surface area (Å²) in [5, 5.41) is 14.4. The highest BCUT2D eigenvalue weighted by molar-refractivity contribution is 6.24. The summed E-state index contributed by atoms with van der Waals surface area (Å²) < 4.78 is 13.0. The van der Waals surface area contributed by atoms with E-state index in [2.05, 4.69) is 413 Å². The predicted molar refractivity (Wildman–Crippen MR) is 457 cm³/mol. The molecule has 19 aromatic carbocycles. The molecule has 0 aliphatic carbocycles. The van der Waals surface area contributed by atoms with E-state index in [0.29, 0.717) is 0 Å². The normalized spacial score (nSPS) is 11.5. The van der Waals surface area contributed by atoms with Crippen molar-refractivity contribution in [2.45, 2.75) is 0 Å². The van der Waals surface area contributed by atoms with E-state index in [1.165, 1.54) is 160 Å². The highest BCUT2D eigenvalue weighted by Crippen LogP contribution is 2.49. The minimum absolute atomic E-state index is 0.884. The van der Waals surface area contributed by atoms with Crippen LogP contribution in [0, 0.1) is 0 Å². The van der Waals surface area contributed by atoms with Gasteiger partial charge in [0.25, 0.3) is 0 Å². The molecule has 504 valence electrons. The second kappa shape index (κ2) is 27.1. The lowest BCUT2D eigenvalue weighted by Gasteiger charge is -2.18. The van der Waals surface area contributed by atoms with Crippen LogP contribution in [0.1, 0.15) is 0 Å². The van der Waals surface area contributed by atoms with E-state index >= 15 is 0 Å². The number of hydrogen-bond donors (Lipinski definition) is 0. The monoisotopic (exact) mass is 1370 g/mol. The van der Waals surface area contributed by atoms with Gasteiger partial charge in [0.1, 0.15) is 22.3 Å². The van der Waals surface area contributed by atoms with Gasteiger partial charge in [-0.2, -0.15) is 0 Å². The Kier molecular flexibility index (Phi) is 16.0. The third-order valence-corrected chi connectivity index (χ3v) is 21.8. The SMILES string of the molecule is c1ccc(-c2ccc(-c3cccc(-c4ccc5oc6ccc(-c7c8ccccc8c(-c8ccccc8)c8ccccc78)cc6c5c4)c3)cc2)cc1.c1ccc(-c2ccc(-c3ccccc3-c3cccc4oc5ccc(-c6c7ccccc7c(-c7ccc(-c8ccccc8)cc7)c7ccccc67)cc5c34)cc2)cc1. The Labute approximate surface area is 626 Å². The van der Waals surface area contributed by atoms with Crippen LogP contribution in [0.25, 0.3) is 209 Å². The van der Waals surface area contributed by atoms with E-state index in [0.717, 1.165) is 49.4 Å². The summed E-state index contributed by atoms with van der Waals surface area (Å²) in [4.78, 5) is 0. The van der Waals surface area contributed by atoms with E-state index in [-0.39, 0.29) is 0 Å². The third-order valence-electron chi connectivity index (χ3n) is 21.8. The highest BCUT2D eigenvalue weighted by atomic mass is 16.3. The molecule has 2 aromatic heterocycles. The molecule has 0 amide bonds. The molecule has 0 spiro atoms. The molecule has 0 N–H and O–H groups in total.